The number of aryl methyl sites for hydroxylation is 2. The molecule has 0 unspecified atom stereocenters. The van der Waals surface area contributed by atoms with Crippen LogP contribution in [0.25, 0.3) is 11.3 Å². The summed E-state index contributed by atoms with van der Waals surface area (Å²) in [5, 5.41) is 7.43. The van der Waals surface area contributed by atoms with E-state index in [0.717, 1.165) is 21.9 Å². The van der Waals surface area contributed by atoms with Crippen LogP contribution in [0.2, 0.25) is 0 Å². The Hall–Kier alpha value is -2.74. The van der Waals surface area contributed by atoms with Crippen LogP contribution in [-0.4, -0.2) is 32.3 Å². The summed E-state index contributed by atoms with van der Waals surface area (Å²) in [5.74, 6) is 0.739. The van der Waals surface area contributed by atoms with E-state index < -0.39 is 0 Å². The fourth-order valence-electron chi connectivity index (χ4n) is 2.34. The average Bonchev–Trinajstić information content (AvgIpc) is 3.24. The quantitative estimate of drug-likeness (QED) is 0.702. The number of nitrogens with zero attached hydrogens (tertiary/aromatic N) is 4. The number of rotatable bonds is 7. The van der Waals surface area contributed by atoms with Gasteiger partial charge in [0.1, 0.15) is 18.4 Å². The molecule has 130 valence electrons. The molecule has 1 amide bonds. The first-order valence-electron chi connectivity index (χ1n) is 7.98. The Morgan fingerprint density at radius 2 is 2.12 bits per heavy atom. The molecule has 0 fully saturated rings. The zero-order chi connectivity index (χ0) is 17.6. The van der Waals surface area contributed by atoms with Gasteiger partial charge in [-0.3, -0.25) is 9.48 Å². The molecular formula is C17H19N5O2S. The second-order valence-corrected chi connectivity index (χ2v) is 6.54. The number of aromatic nitrogens is 4. The summed E-state index contributed by atoms with van der Waals surface area (Å²) in [6.45, 7) is 5.08. The lowest BCUT2D eigenvalue weighted by Gasteiger charge is -2.04. The van der Waals surface area contributed by atoms with Crippen LogP contribution in [0.3, 0.4) is 0 Å². The van der Waals surface area contributed by atoms with Gasteiger partial charge in [-0.1, -0.05) is 0 Å². The van der Waals surface area contributed by atoms with Crippen molar-refractivity contribution in [1.82, 2.24) is 19.7 Å². The molecule has 0 aliphatic carbocycles. The summed E-state index contributed by atoms with van der Waals surface area (Å²) in [6.07, 6.45) is 3.36. The van der Waals surface area contributed by atoms with E-state index in [1.54, 1.807) is 11.0 Å². The van der Waals surface area contributed by atoms with Crippen LogP contribution in [-0.2, 0) is 11.3 Å². The van der Waals surface area contributed by atoms with E-state index in [9.17, 15) is 4.79 Å². The molecule has 3 rings (SSSR count). The number of amides is 1. The van der Waals surface area contributed by atoms with Crippen LogP contribution in [0.1, 0.15) is 18.2 Å². The van der Waals surface area contributed by atoms with Gasteiger partial charge in [0, 0.05) is 16.9 Å². The van der Waals surface area contributed by atoms with Gasteiger partial charge in [0.05, 0.1) is 18.8 Å². The largest absolute Gasteiger partial charge is 0.494 e. The fourth-order valence-corrected chi connectivity index (χ4v) is 3.19. The van der Waals surface area contributed by atoms with Crippen molar-refractivity contribution in [1.29, 1.82) is 0 Å². The Bertz CT molecular complexity index is 827. The summed E-state index contributed by atoms with van der Waals surface area (Å²) in [5.41, 5.74) is 1.87. The van der Waals surface area contributed by atoms with Crippen molar-refractivity contribution in [2.45, 2.75) is 26.8 Å². The molecule has 0 aliphatic heterocycles. The van der Waals surface area contributed by atoms with Crippen molar-refractivity contribution in [2.75, 3.05) is 11.9 Å². The second-order valence-electron chi connectivity index (χ2n) is 5.34. The highest BCUT2D eigenvalue weighted by Gasteiger charge is 2.12. The monoisotopic (exact) mass is 357 g/mol. The third-order valence-corrected chi connectivity index (χ3v) is 4.40. The fraction of sp³-hybridized carbons (Fsp3) is 0.294. The summed E-state index contributed by atoms with van der Waals surface area (Å²) >= 11 is 1.47. The van der Waals surface area contributed by atoms with E-state index >= 15 is 0 Å². The Kier molecular flexibility index (Phi) is 5.39. The van der Waals surface area contributed by atoms with E-state index in [4.69, 9.17) is 4.74 Å². The Balaban J connectivity index is 1.64. The zero-order valence-corrected chi connectivity index (χ0v) is 14.9. The SMILES string of the molecule is CCOc1ccc(-c2nc(NC(=O)CCn3cncn3)sc2C)cc1. The minimum Gasteiger partial charge on any atom is -0.494 e. The Labute approximate surface area is 149 Å². The molecule has 0 aliphatic rings. The van der Waals surface area contributed by atoms with Crippen LogP contribution in [0.4, 0.5) is 5.13 Å². The van der Waals surface area contributed by atoms with Crippen LogP contribution in [0, 0.1) is 6.92 Å². The first-order chi connectivity index (χ1) is 12.2. The third-order valence-electron chi connectivity index (χ3n) is 3.52. The van der Waals surface area contributed by atoms with Crippen molar-refractivity contribution in [2.24, 2.45) is 0 Å². The maximum atomic E-state index is 12.1. The number of anilines is 1. The van der Waals surface area contributed by atoms with Gasteiger partial charge < -0.3 is 10.1 Å². The number of carbonyl (C=O) groups is 1. The third kappa shape index (κ3) is 4.42. The van der Waals surface area contributed by atoms with Gasteiger partial charge in [-0.15, -0.1) is 11.3 Å². The number of benzene rings is 1. The molecule has 3 aromatic rings. The smallest absolute Gasteiger partial charge is 0.228 e. The van der Waals surface area contributed by atoms with Crippen LogP contribution >= 0.6 is 11.3 Å². The number of hydrogen-bond donors (Lipinski definition) is 1. The minimum atomic E-state index is -0.0949. The zero-order valence-electron chi connectivity index (χ0n) is 14.1. The predicted octanol–water partition coefficient (Wildman–Crippen LogP) is 3.14. The molecule has 1 N–H and O–H groups in total. The molecule has 0 radical (unpaired) electrons. The second kappa shape index (κ2) is 7.89. The van der Waals surface area contributed by atoms with Crippen LogP contribution < -0.4 is 10.1 Å². The molecule has 25 heavy (non-hydrogen) atoms. The Morgan fingerprint density at radius 1 is 1.32 bits per heavy atom. The molecule has 1 aromatic carbocycles. The van der Waals surface area contributed by atoms with Crippen molar-refractivity contribution in [3.8, 4) is 17.0 Å². The van der Waals surface area contributed by atoms with E-state index in [0.29, 0.717) is 24.7 Å². The van der Waals surface area contributed by atoms with Gasteiger partial charge in [0.25, 0.3) is 0 Å². The van der Waals surface area contributed by atoms with E-state index in [2.05, 4.69) is 20.4 Å². The van der Waals surface area contributed by atoms with Crippen molar-refractivity contribution < 1.29 is 9.53 Å². The van der Waals surface area contributed by atoms with Gasteiger partial charge in [0.15, 0.2) is 5.13 Å². The van der Waals surface area contributed by atoms with Gasteiger partial charge in [-0.2, -0.15) is 5.10 Å². The number of hydrogen-bond acceptors (Lipinski definition) is 6. The highest BCUT2D eigenvalue weighted by molar-refractivity contribution is 7.16. The molecule has 0 spiro atoms. The lowest BCUT2D eigenvalue weighted by molar-refractivity contribution is -0.116. The number of nitrogens with one attached hydrogen (secondary N) is 1. The van der Waals surface area contributed by atoms with E-state index in [-0.39, 0.29) is 5.91 Å². The highest BCUT2D eigenvalue weighted by atomic mass is 32.1. The van der Waals surface area contributed by atoms with Gasteiger partial charge in [0.2, 0.25) is 5.91 Å². The van der Waals surface area contributed by atoms with Crippen molar-refractivity contribution >= 4 is 22.4 Å². The van der Waals surface area contributed by atoms with Crippen molar-refractivity contribution in [3.05, 3.63) is 41.8 Å². The molecule has 0 bridgehead atoms. The topological polar surface area (TPSA) is 81.9 Å². The molecule has 0 atom stereocenters. The van der Waals surface area contributed by atoms with Gasteiger partial charge >= 0.3 is 0 Å². The number of carbonyl (C=O) groups excluding carboxylic acids is 1. The van der Waals surface area contributed by atoms with E-state index in [1.807, 2.05) is 38.1 Å². The minimum absolute atomic E-state index is 0.0949. The standard InChI is InChI=1S/C17H19N5O2S/c1-3-24-14-6-4-13(5-7-14)16-12(2)25-17(21-16)20-15(23)8-9-22-11-18-10-19-22/h4-7,10-11H,3,8-9H2,1-2H3,(H,20,21,23). The van der Waals surface area contributed by atoms with Gasteiger partial charge in [-0.05, 0) is 38.1 Å². The summed E-state index contributed by atoms with van der Waals surface area (Å²) < 4.78 is 7.08. The average molecular weight is 357 g/mol. The van der Waals surface area contributed by atoms with Crippen molar-refractivity contribution in [3.63, 3.8) is 0 Å². The molecular weight excluding hydrogens is 338 g/mol. The number of ether oxygens (including phenoxy) is 1. The summed E-state index contributed by atoms with van der Waals surface area (Å²) in [6, 6.07) is 7.80. The Morgan fingerprint density at radius 3 is 2.80 bits per heavy atom. The van der Waals surface area contributed by atoms with Crippen LogP contribution in [0.15, 0.2) is 36.9 Å². The maximum Gasteiger partial charge on any atom is 0.228 e. The predicted molar refractivity (Wildman–Crippen MR) is 96.7 cm³/mol. The molecule has 0 saturated carbocycles. The molecule has 2 heterocycles. The van der Waals surface area contributed by atoms with E-state index in [1.165, 1.54) is 17.7 Å². The first-order valence-corrected chi connectivity index (χ1v) is 8.80. The molecule has 7 nitrogen and oxygen atoms in total. The number of thiazole rings is 1. The van der Waals surface area contributed by atoms with Gasteiger partial charge in [-0.25, -0.2) is 9.97 Å². The normalized spacial score (nSPS) is 10.6. The lowest BCUT2D eigenvalue weighted by atomic mass is 10.1. The molecule has 2 aromatic heterocycles. The molecule has 8 heteroatoms. The summed E-state index contributed by atoms with van der Waals surface area (Å²) in [7, 11) is 0. The highest BCUT2D eigenvalue weighted by Crippen LogP contribution is 2.31. The lowest BCUT2D eigenvalue weighted by Crippen LogP contribution is -2.14. The summed E-state index contributed by atoms with van der Waals surface area (Å²) in [4.78, 5) is 21.5. The first kappa shape index (κ1) is 17.1. The molecule has 0 saturated heterocycles. The maximum absolute atomic E-state index is 12.1. The van der Waals surface area contributed by atoms with Crippen LogP contribution in [0.5, 0.6) is 5.75 Å².